The van der Waals surface area contributed by atoms with E-state index in [1.807, 2.05) is 19.9 Å². The highest BCUT2D eigenvalue weighted by Gasteiger charge is 2.32. The van der Waals surface area contributed by atoms with Crippen LogP contribution in [0.25, 0.3) is 0 Å². The predicted molar refractivity (Wildman–Crippen MR) is 83.6 cm³/mol. The van der Waals surface area contributed by atoms with E-state index in [9.17, 15) is 0 Å². The predicted octanol–water partition coefficient (Wildman–Crippen LogP) is 5.12. The Bertz CT molecular complexity index is 215. The molecule has 0 fully saturated rings. The number of hydrogen-bond donors (Lipinski definition) is 0. The lowest BCUT2D eigenvalue weighted by atomic mass is 9.93. The fraction of sp³-hybridized carbons (Fsp3) is 0.882. The first kappa shape index (κ1) is 18.7. The molecule has 0 amide bonds. The van der Waals surface area contributed by atoms with Gasteiger partial charge in [0.15, 0.2) is 0 Å². The summed E-state index contributed by atoms with van der Waals surface area (Å²) in [5.74, 6) is 0. The molecule has 0 aromatic heterocycles. The second-order valence-electron chi connectivity index (χ2n) is 5.32. The zero-order valence-electron chi connectivity index (χ0n) is 13.5. The minimum absolute atomic E-state index is 0.126. The third-order valence-corrected chi connectivity index (χ3v) is 3.69. The van der Waals surface area contributed by atoms with Crippen molar-refractivity contribution >= 4 is 0 Å². The van der Waals surface area contributed by atoms with E-state index in [1.165, 1.54) is 38.5 Å². The first-order valence-corrected chi connectivity index (χ1v) is 8.03. The fourth-order valence-corrected chi connectivity index (χ4v) is 2.44. The summed E-state index contributed by atoms with van der Waals surface area (Å²) in [5.41, 5.74) is -0.353. The Hall–Kier alpha value is -0.340. The van der Waals surface area contributed by atoms with Crippen LogP contribution in [0.5, 0.6) is 0 Å². The van der Waals surface area contributed by atoms with Crippen molar-refractivity contribution in [2.75, 3.05) is 13.2 Å². The first-order chi connectivity index (χ1) is 9.14. The monoisotopic (exact) mass is 270 g/mol. The molecule has 0 radical (unpaired) electrons. The highest BCUT2D eigenvalue weighted by Crippen LogP contribution is 2.25. The van der Waals surface area contributed by atoms with Gasteiger partial charge in [-0.25, -0.2) is 0 Å². The van der Waals surface area contributed by atoms with Crippen LogP contribution < -0.4 is 0 Å². The van der Waals surface area contributed by atoms with E-state index in [2.05, 4.69) is 20.4 Å². The van der Waals surface area contributed by atoms with Crippen molar-refractivity contribution in [3.8, 4) is 0 Å². The smallest absolute Gasteiger partial charge is 0.109 e. The molecule has 0 heterocycles. The van der Waals surface area contributed by atoms with E-state index in [0.717, 1.165) is 13.0 Å². The number of rotatable bonds is 13. The van der Waals surface area contributed by atoms with Gasteiger partial charge in [0.2, 0.25) is 0 Å². The highest BCUT2D eigenvalue weighted by molar-refractivity contribution is 5.00. The lowest BCUT2D eigenvalue weighted by molar-refractivity contribution is -0.107. The normalized spacial score (nSPS) is 16.0. The van der Waals surface area contributed by atoms with Crippen LogP contribution in [0.2, 0.25) is 0 Å². The van der Waals surface area contributed by atoms with Crippen molar-refractivity contribution in [1.82, 2.24) is 0 Å². The van der Waals surface area contributed by atoms with Crippen molar-refractivity contribution in [2.24, 2.45) is 0 Å². The Morgan fingerprint density at radius 3 is 2.16 bits per heavy atom. The van der Waals surface area contributed by atoms with Crippen molar-refractivity contribution in [3.63, 3.8) is 0 Å². The molecule has 2 heteroatoms. The Morgan fingerprint density at radius 1 is 1.00 bits per heavy atom. The van der Waals surface area contributed by atoms with Gasteiger partial charge in [0.05, 0.1) is 6.10 Å². The third kappa shape index (κ3) is 7.74. The molecule has 0 aliphatic carbocycles. The summed E-state index contributed by atoms with van der Waals surface area (Å²) in [7, 11) is 0. The van der Waals surface area contributed by atoms with Crippen molar-refractivity contribution in [1.29, 1.82) is 0 Å². The minimum atomic E-state index is -0.353. The Labute approximate surface area is 120 Å². The van der Waals surface area contributed by atoms with Crippen molar-refractivity contribution < 1.29 is 9.47 Å². The number of unbranched alkanes of at least 4 members (excludes halogenated alkanes) is 5. The van der Waals surface area contributed by atoms with Gasteiger partial charge in [0, 0.05) is 13.2 Å². The average molecular weight is 270 g/mol. The Kier molecular flexibility index (Phi) is 11.3. The molecule has 0 aliphatic heterocycles. The summed E-state index contributed by atoms with van der Waals surface area (Å²) in [6, 6.07) is 0. The van der Waals surface area contributed by atoms with Crippen molar-refractivity contribution in [3.05, 3.63) is 12.7 Å². The summed E-state index contributed by atoms with van der Waals surface area (Å²) in [6.45, 7) is 13.8. The minimum Gasteiger partial charge on any atom is -0.375 e. The van der Waals surface area contributed by atoms with Gasteiger partial charge in [-0.2, -0.15) is 0 Å². The summed E-state index contributed by atoms with van der Waals surface area (Å²) < 4.78 is 11.7. The molecule has 19 heavy (non-hydrogen) atoms. The van der Waals surface area contributed by atoms with Gasteiger partial charge >= 0.3 is 0 Å². The largest absolute Gasteiger partial charge is 0.375 e. The van der Waals surface area contributed by atoms with E-state index in [1.54, 1.807) is 0 Å². The van der Waals surface area contributed by atoms with Gasteiger partial charge in [-0.15, -0.1) is 6.58 Å². The second kappa shape index (κ2) is 11.5. The van der Waals surface area contributed by atoms with Crippen LogP contribution in [0, 0.1) is 0 Å². The van der Waals surface area contributed by atoms with Crippen LogP contribution in [0.3, 0.4) is 0 Å². The average Bonchev–Trinajstić information content (AvgIpc) is 2.41. The molecule has 0 spiro atoms. The number of ether oxygens (including phenoxy) is 2. The van der Waals surface area contributed by atoms with Crippen LogP contribution in [0.1, 0.15) is 72.6 Å². The zero-order valence-corrected chi connectivity index (χ0v) is 13.5. The summed E-state index contributed by atoms with van der Waals surface area (Å²) >= 11 is 0. The van der Waals surface area contributed by atoms with Crippen LogP contribution in [0.4, 0.5) is 0 Å². The Morgan fingerprint density at radius 2 is 1.63 bits per heavy atom. The zero-order chi connectivity index (χ0) is 14.6. The van der Waals surface area contributed by atoms with Crippen molar-refractivity contribution in [2.45, 2.75) is 84.3 Å². The highest BCUT2D eigenvalue weighted by atomic mass is 16.5. The maximum absolute atomic E-state index is 5.88. The summed E-state index contributed by atoms with van der Waals surface area (Å²) in [4.78, 5) is 0. The Balaban J connectivity index is 4.12. The molecule has 0 bridgehead atoms. The molecule has 0 aromatic rings. The molecular weight excluding hydrogens is 236 g/mol. The SMILES string of the molecule is C=CC(C)(OCC)C(CCCCCCCC)OCC. The standard InChI is InChI=1S/C17H34O2/c1-6-10-11-12-13-14-15-16(18-8-3)17(5,7-2)19-9-4/h7,16H,2,6,8-15H2,1,3-5H3. The van der Waals surface area contributed by atoms with E-state index >= 15 is 0 Å². The topological polar surface area (TPSA) is 18.5 Å². The molecule has 0 rings (SSSR count). The summed E-state index contributed by atoms with van der Waals surface area (Å²) in [5, 5.41) is 0. The third-order valence-electron chi connectivity index (χ3n) is 3.69. The molecule has 0 aliphatic rings. The van der Waals surface area contributed by atoms with E-state index in [4.69, 9.17) is 9.47 Å². The van der Waals surface area contributed by atoms with E-state index in [0.29, 0.717) is 6.61 Å². The van der Waals surface area contributed by atoms with Gasteiger partial charge in [-0.05, 0) is 27.2 Å². The quantitative estimate of drug-likeness (QED) is 0.341. The summed E-state index contributed by atoms with van der Waals surface area (Å²) in [6.07, 6.45) is 11.0. The second-order valence-corrected chi connectivity index (χ2v) is 5.32. The maximum Gasteiger partial charge on any atom is 0.109 e. The lowest BCUT2D eigenvalue weighted by Crippen LogP contribution is -2.42. The van der Waals surface area contributed by atoms with Crippen LogP contribution in [-0.2, 0) is 9.47 Å². The lowest BCUT2D eigenvalue weighted by Gasteiger charge is -2.34. The van der Waals surface area contributed by atoms with Gasteiger partial charge in [0.25, 0.3) is 0 Å². The van der Waals surface area contributed by atoms with Crippen LogP contribution >= 0.6 is 0 Å². The van der Waals surface area contributed by atoms with Gasteiger partial charge in [0.1, 0.15) is 5.60 Å². The molecule has 0 aromatic carbocycles. The molecule has 0 saturated carbocycles. The molecule has 2 unspecified atom stereocenters. The molecule has 114 valence electrons. The molecule has 2 nitrogen and oxygen atoms in total. The van der Waals surface area contributed by atoms with Gasteiger partial charge in [-0.1, -0.05) is 51.5 Å². The van der Waals surface area contributed by atoms with Gasteiger partial charge in [-0.3, -0.25) is 0 Å². The van der Waals surface area contributed by atoms with Gasteiger partial charge < -0.3 is 9.47 Å². The maximum atomic E-state index is 5.88. The first-order valence-electron chi connectivity index (χ1n) is 8.03. The van der Waals surface area contributed by atoms with E-state index < -0.39 is 0 Å². The van der Waals surface area contributed by atoms with Crippen LogP contribution in [0.15, 0.2) is 12.7 Å². The van der Waals surface area contributed by atoms with Crippen LogP contribution in [-0.4, -0.2) is 24.9 Å². The molecule has 0 N–H and O–H groups in total. The fourth-order valence-electron chi connectivity index (χ4n) is 2.44. The molecule has 0 saturated heterocycles. The van der Waals surface area contributed by atoms with E-state index in [-0.39, 0.29) is 11.7 Å². The number of hydrogen-bond acceptors (Lipinski definition) is 2. The molecule has 2 atom stereocenters. The molecular formula is C17H34O2.